The Morgan fingerprint density at radius 1 is 0.792 bits per heavy atom. The van der Waals surface area contributed by atoms with E-state index in [0.29, 0.717) is 0 Å². The molecular weight excluding hydrogens is 297 g/mol. The van der Waals surface area contributed by atoms with Gasteiger partial charge in [-0.1, -0.05) is 78.4 Å². The van der Waals surface area contributed by atoms with Gasteiger partial charge in [0.1, 0.15) is 5.82 Å². The van der Waals surface area contributed by atoms with E-state index in [1.54, 1.807) is 12.1 Å². The maximum absolute atomic E-state index is 13.6. The van der Waals surface area contributed by atoms with Crippen molar-refractivity contribution in [1.29, 1.82) is 0 Å². The molecule has 0 N–H and O–H groups in total. The summed E-state index contributed by atoms with van der Waals surface area (Å²) in [5.41, 5.74) is 4.59. The Morgan fingerprint density at radius 3 is 2.04 bits per heavy atom. The van der Waals surface area contributed by atoms with E-state index >= 15 is 0 Å². The van der Waals surface area contributed by atoms with Gasteiger partial charge in [-0.25, -0.2) is 4.39 Å². The van der Waals surface area contributed by atoms with Gasteiger partial charge in [-0.15, -0.1) is 0 Å². The molecule has 3 aromatic carbocycles. The summed E-state index contributed by atoms with van der Waals surface area (Å²) in [6.45, 7) is 4.54. The molecule has 4 rings (SSSR count). The third kappa shape index (κ3) is 4.30. The Bertz CT molecular complexity index is 768. The fourth-order valence-corrected chi connectivity index (χ4v) is 2.94. The molecule has 24 heavy (non-hydrogen) atoms. The monoisotopic (exact) mass is 319 g/mol. The van der Waals surface area contributed by atoms with Crippen molar-refractivity contribution in [2.45, 2.75) is 26.6 Å². The molecular formula is C22H22FN. The highest BCUT2D eigenvalue weighted by Crippen LogP contribution is 2.26. The van der Waals surface area contributed by atoms with Gasteiger partial charge in [0, 0.05) is 25.2 Å². The van der Waals surface area contributed by atoms with Crippen LogP contribution in [0.15, 0.2) is 78.9 Å². The van der Waals surface area contributed by atoms with E-state index in [9.17, 15) is 4.39 Å². The van der Waals surface area contributed by atoms with Gasteiger partial charge in [-0.2, -0.15) is 0 Å². The van der Waals surface area contributed by atoms with Crippen molar-refractivity contribution < 1.29 is 4.39 Å². The minimum absolute atomic E-state index is 0.0712. The zero-order valence-corrected chi connectivity index (χ0v) is 14.0. The van der Waals surface area contributed by atoms with Crippen LogP contribution in [-0.4, -0.2) is 4.90 Å². The second-order valence-electron chi connectivity index (χ2n) is 6.16. The van der Waals surface area contributed by atoms with E-state index in [1.807, 2.05) is 42.5 Å². The van der Waals surface area contributed by atoms with E-state index < -0.39 is 0 Å². The average molecular weight is 319 g/mol. The summed E-state index contributed by atoms with van der Waals surface area (Å²) in [6, 6.07) is 25.9. The van der Waals surface area contributed by atoms with Crippen LogP contribution in [0.3, 0.4) is 0 Å². The van der Waals surface area contributed by atoms with Crippen LogP contribution >= 0.6 is 0 Å². The summed E-state index contributed by atoms with van der Waals surface area (Å²) >= 11 is 0. The van der Waals surface area contributed by atoms with Gasteiger partial charge in [-0.3, -0.25) is 4.90 Å². The lowest BCUT2D eigenvalue weighted by Crippen LogP contribution is -2.15. The Kier molecular flexibility index (Phi) is 5.39. The maximum atomic E-state index is 13.6. The van der Waals surface area contributed by atoms with Gasteiger partial charge in [0.15, 0.2) is 0 Å². The summed E-state index contributed by atoms with van der Waals surface area (Å²) in [7, 11) is 0. The summed E-state index contributed by atoms with van der Waals surface area (Å²) in [5.74, 6) is -0.0712. The SMILES string of the molecule is Cc1ccccc1.Fc1cccc2c1CN(Cc1ccccc1)C2. The second kappa shape index (κ2) is 7.89. The molecule has 1 aliphatic rings. The van der Waals surface area contributed by atoms with Gasteiger partial charge >= 0.3 is 0 Å². The topological polar surface area (TPSA) is 3.24 Å². The van der Waals surface area contributed by atoms with E-state index in [-0.39, 0.29) is 5.82 Å². The van der Waals surface area contributed by atoms with Crippen LogP contribution < -0.4 is 0 Å². The van der Waals surface area contributed by atoms with Gasteiger partial charge in [0.25, 0.3) is 0 Å². The lowest BCUT2D eigenvalue weighted by Gasteiger charge is -2.14. The molecule has 0 saturated heterocycles. The largest absolute Gasteiger partial charge is 0.290 e. The van der Waals surface area contributed by atoms with Crippen LogP contribution in [0.25, 0.3) is 0 Å². The third-order valence-electron chi connectivity index (χ3n) is 4.18. The molecule has 0 unspecified atom stereocenters. The van der Waals surface area contributed by atoms with Gasteiger partial charge in [0.2, 0.25) is 0 Å². The Labute approximate surface area is 143 Å². The van der Waals surface area contributed by atoms with Crippen LogP contribution in [0.5, 0.6) is 0 Å². The first-order valence-corrected chi connectivity index (χ1v) is 8.26. The minimum atomic E-state index is -0.0712. The fourth-order valence-electron chi connectivity index (χ4n) is 2.94. The van der Waals surface area contributed by atoms with Gasteiger partial charge in [-0.05, 0) is 24.1 Å². The van der Waals surface area contributed by atoms with E-state index in [1.165, 1.54) is 11.1 Å². The lowest BCUT2D eigenvalue weighted by atomic mass is 10.1. The van der Waals surface area contributed by atoms with Crippen LogP contribution in [0.2, 0.25) is 0 Å². The maximum Gasteiger partial charge on any atom is 0.128 e. The lowest BCUT2D eigenvalue weighted by molar-refractivity contribution is 0.273. The molecule has 0 bridgehead atoms. The highest BCUT2D eigenvalue weighted by atomic mass is 19.1. The van der Waals surface area contributed by atoms with Crippen LogP contribution in [-0.2, 0) is 19.6 Å². The van der Waals surface area contributed by atoms with Crippen LogP contribution in [0.1, 0.15) is 22.3 Å². The third-order valence-corrected chi connectivity index (χ3v) is 4.18. The van der Waals surface area contributed by atoms with E-state index in [0.717, 1.165) is 30.8 Å². The highest BCUT2D eigenvalue weighted by molar-refractivity contribution is 5.32. The zero-order valence-electron chi connectivity index (χ0n) is 14.0. The molecule has 0 spiro atoms. The smallest absolute Gasteiger partial charge is 0.128 e. The molecule has 122 valence electrons. The molecule has 1 heterocycles. The van der Waals surface area contributed by atoms with Gasteiger partial charge in [0.05, 0.1) is 0 Å². The molecule has 0 saturated carbocycles. The Hall–Kier alpha value is -2.45. The number of nitrogens with zero attached hydrogens (tertiary/aromatic N) is 1. The minimum Gasteiger partial charge on any atom is -0.290 e. The molecule has 1 nitrogen and oxygen atoms in total. The first kappa shape index (κ1) is 16.4. The standard InChI is InChI=1S/C15H14FN.C7H8/c16-15-8-4-7-13-10-17(11-14(13)15)9-12-5-2-1-3-6-12;1-7-5-3-2-4-6-7/h1-8H,9-11H2;2-6H,1H3. The number of hydrogen-bond donors (Lipinski definition) is 0. The van der Waals surface area contributed by atoms with E-state index in [4.69, 9.17) is 0 Å². The van der Waals surface area contributed by atoms with Crippen molar-refractivity contribution in [2.75, 3.05) is 0 Å². The van der Waals surface area contributed by atoms with Crippen molar-refractivity contribution in [2.24, 2.45) is 0 Å². The number of fused-ring (bicyclic) bond motifs is 1. The van der Waals surface area contributed by atoms with Crippen LogP contribution in [0, 0.1) is 12.7 Å². The molecule has 0 amide bonds. The molecule has 0 aliphatic carbocycles. The summed E-state index contributed by atoms with van der Waals surface area (Å²) < 4.78 is 13.6. The number of rotatable bonds is 2. The molecule has 0 atom stereocenters. The molecule has 1 aliphatic heterocycles. The summed E-state index contributed by atoms with van der Waals surface area (Å²) in [6.07, 6.45) is 0. The first-order valence-electron chi connectivity index (χ1n) is 8.26. The van der Waals surface area contributed by atoms with Crippen molar-refractivity contribution in [3.63, 3.8) is 0 Å². The second-order valence-corrected chi connectivity index (χ2v) is 6.16. The predicted octanol–water partition coefficient (Wildman–Crippen LogP) is 5.34. The highest BCUT2D eigenvalue weighted by Gasteiger charge is 2.21. The summed E-state index contributed by atoms with van der Waals surface area (Å²) in [5, 5.41) is 0. The predicted molar refractivity (Wildman–Crippen MR) is 97.0 cm³/mol. The fraction of sp³-hybridized carbons (Fsp3) is 0.182. The number of halogens is 1. The van der Waals surface area contributed by atoms with Crippen LogP contribution in [0.4, 0.5) is 4.39 Å². The number of benzene rings is 3. The molecule has 0 aromatic heterocycles. The molecule has 2 heteroatoms. The van der Waals surface area contributed by atoms with Crippen molar-refractivity contribution in [3.05, 3.63) is 107 Å². The average Bonchev–Trinajstić information content (AvgIpc) is 3.01. The number of hydrogen-bond acceptors (Lipinski definition) is 1. The van der Waals surface area contributed by atoms with Gasteiger partial charge < -0.3 is 0 Å². The van der Waals surface area contributed by atoms with E-state index in [2.05, 4.69) is 36.1 Å². The first-order chi connectivity index (χ1) is 11.7. The zero-order chi connectivity index (χ0) is 16.8. The number of aryl methyl sites for hydroxylation is 1. The normalized spacial score (nSPS) is 13.1. The quantitative estimate of drug-likeness (QED) is 0.616. The van der Waals surface area contributed by atoms with Crippen molar-refractivity contribution in [3.8, 4) is 0 Å². The molecule has 0 fully saturated rings. The van der Waals surface area contributed by atoms with Crippen molar-refractivity contribution in [1.82, 2.24) is 4.90 Å². The molecule has 0 radical (unpaired) electrons. The summed E-state index contributed by atoms with van der Waals surface area (Å²) in [4.78, 5) is 2.27. The Balaban J connectivity index is 0.000000203. The van der Waals surface area contributed by atoms with Crippen molar-refractivity contribution >= 4 is 0 Å². The molecule has 3 aromatic rings. The Morgan fingerprint density at radius 2 is 1.46 bits per heavy atom.